The van der Waals surface area contributed by atoms with Crippen molar-refractivity contribution in [2.24, 2.45) is 4.99 Å². The maximum absolute atomic E-state index is 14.1. The first-order chi connectivity index (χ1) is 7.50. The van der Waals surface area contributed by atoms with Crippen molar-refractivity contribution in [1.82, 2.24) is 4.90 Å². The third kappa shape index (κ3) is 1.88. The number of allylic oxidation sites excluding steroid dienone is 1. The molecule has 3 nitrogen and oxygen atoms in total. The minimum atomic E-state index is -0.382. The number of nitrogens with zero attached hydrogens (tertiary/aromatic N) is 2. The largest absolute Gasteiger partial charge is 0.487 e. The van der Waals surface area contributed by atoms with E-state index in [1.54, 1.807) is 0 Å². The lowest BCUT2D eigenvalue weighted by molar-refractivity contribution is 0.149. The zero-order chi connectivity index (χ0) is 11.9. The highest BCUT2D eigenvalue weighted by Crippen LogP contribution is 2.33. The fraction of sp³-hybridized carbons (Fsp3) is 0.545. The number of hydrogen-bond donors (Lipinski definition) is 0. The maximum atomic E-state index is 14.1. The molecule has 0 amide bonds. The molecule has 0 bridgehead atoms. The van der Waals surface area contributed by atoms with Crippen LogP contribution in [0.15, 0.2) is 27.3 Å². The molecule has 0 saturated heterocycles. The lowest BCUT2D eigenvalue weighted by Crippen LogP contribution is -2.33. The van der Waals surface area contributed by atoms with Gasteiger partial charge >= 0.3 is 0 Å². The number of rotatable bonds is 2. The second kappa shape index (κ2) is 4.20. The highest BCUT2D eigenvalue weighted by Gasteiger charge is 2.33. The van der Waals surface area contributed by atoms with Crippen molar-refractivity contribution >= 4 is 21.8 Å². The number of amidine groups is 1. The van der Waals surface area contributed by atoms with E-state index in [-0.39, 0.29) is 23.7 Å². The summed E-state index contributed by atoms with van der Waals surface area (Å²) in [6.45, 7) is 6.36. The molecule has 0 spiro atoms. The number of hydrogen-bond acceptors (Lipinski definition) is 3. The highest BCUT2D eigenvalue weighted by atomic mass is 79.9. The molecule has 0 aromatic carbocycles. The molecule has 0 aromatic heterocycles. The van der Waals surface area contributed by atoms with Gasteiger partial charge in [0.05, 0.1) is 23.2 Å². The molecule has 5 heteroatoms. The monoisotopic (exact) mass is 288 g/mol. The SMILES string of the molecule is CC(C)OC1=C(F)C2=NCC(C)N2C=C1Br. The van der Waals surface area contributed by atoms with E-state index in [0.717, 1.165) is 0 Å². The molecular weight excluding hydrogens is 275 g/mol. The average Bonchev–Trinajstić information content (AvgIpc) is 2.55. The number of fused-ring (bicyclic) bond motifs is 1. The summed E-state index contributed by atoms with van der Waals surface area (Å²) in [5, 5.41) is 0. The van der Waals surface area contributed by atoms with Crippen LogP contribution in [0.3, 0.4) is 0 Å². The standard InChI is InChI=1S/C11H14BrFN2O/c1-6(2)16-10-8(12)5-15-7(3)4-14-11(15)9(10)13/h5-7H,4H2,1-3H3. The summed E-state index contributed by atoms with van der Waals surface area (Å²) in [4.78, 5) is 6.00. The van der Waals surface area contributed by atoms with E-state index >= 15 is 0 Å². The van der Waals surface area contributed by atoms with Crippen molar-refractivity contribution in [2.75, 3.05) is 6.54 Å². The smallest absolute Gasteiger partial charge is 0.208 e. The fourth-order valence-electron chi connectivity index (χ4n) is 1.70. The normalized spacial score (nSPS) is 24.6. The molecule has 1 unspecified atom stereocenters. The summed E-state index contributed by atoms with van der Waals surface area (Å²) in [6.07, 6.45) is 1.77. The van der Waals surface area contributed by atoms with Gasteiger partial charge in [0.2, 0.25) is 5.83 Å². The molecule has 88 valence electrons. The van der Waals surface area contributed by atoms with Crippen LogP contribution in [0.2, 0.25) is 0 Å². The Morgan fingerprint density at radius 1 is 1.62 bits per heavy atom. The third-order valence-electron chi connectivity index (χ3n) is 2.44. The van der Waals surface area contributed by atoms with Crippen LogP contribution in [0.25, 0.3) is 0 Å². The molecule has 2 rings (SSSR count). The van der Waals surface area contributed by atoms with E-state index in [4.69, 9.17) is 4.74 Å². The second-order valence-corrected chi connectivity index (χ2v) is 5.06. The molecule has 0 N–H and O–H groups in total. The molecule has 2 aliphatic rings. The van der Waals surface area contributed by atoms with Crippen LogP contribution < -0.4 is 0 Å². The van der Waals surface area contributed by atoms with Gasteiger partial charge in [0.1, 0.15) is 0 Å². The average molecular weight is 289 g/mol. The van der Waals surface area contributed by atoms with Crippen LogP contribution in [0.5, 0.6) is 0 Å². The van der Waals surface area contributed by atoms with Gasteiger partial charge in [-0.05, 0) is 36.7 Å². The van der Waals surface area contributed by atoms with Gasteiger partial charge in [-0.15, -0.1) is 0 Å². The van der Waals surface area contributed by atoms with Crippen molar-refractivity contribution in [3.05, 3.63) is 22.3 Å². The fourth-order valence-corrected chi connectivity index (χ4v) is 2.19. The lowest BCUT2D eigenvalue weighted by atomic mass is 10.2. The zero-order valence-electron chi connectivity index (χ0n) is 9.50. The predicted molar refractivity (Wildman–Crippen MR) is 65.0 cm³/mol. The van der Waals surface area contributed by atoms with Crippen LogP contribution in [0.1, 0.15) is 20.8 Å². The Balaban J connectivity index is 2.35. The topological polar surface area (TPSA) is 24.8 Å². The molecule has 0 fully saturated rings. The summed E-state index contributed by atoms with van der Waals surface area (Å²) in [5.41, 5.74) is 0. The molecule has 0 aliphatic carbocycles. The number of aliphatic imine (C=N–C) groups is 1. The number of ether oxygens (including phenoxy) is 1. The summed E-state index contributed by atoms with van der Waals surface area (Å²) >= 11 is 3.33. The van der Waals surface area contributed by atoms with Gasteiger partial charge in [0.15, 0.2) is 11.6 Å². The molecule has 2 heterocycles. The quantitative estimate of drug-likeness (QED) is 0.780. The van der Waals surface area contributed by atoms with Crippen LogP contribution in [-0.2, 0) is 4.74 Å². The van der Waals surface area contributed by atoms with Crippen LogP contribution in [0, 0.1) is 0 Å². The van der Waals surface area contributed by atoms with Crippen molar-refractivity contribution in [1.29, 1.82) is 0 Å². The van der Waals surface area contributed by atoms with Crippen molar-refractivity contribution < 1.29 is 9.13 Å². The molecule has 2 aliphatic heterocycles. The zero-order valence-corrected chi connectivity index (χ0v) is 11.1. The molecule has 0 radical (unpaired) electrons. The van der Waals surface area contributed by atoms with Gasteiger partial charge in [-0.2, -0.15) is 4.39 Å². The molecule has 1 atom stereocenters. The van der Waals surface area contributed by atoms with Crippen molar-refractivity contribution in [2.45, 2.75) is 32.9 Å². The Morgan fingerprint density at radius 2 is 2.31 bits per heavy atom. The molecule has 16 heavy (non-hydrogen) atoms. The van der Waals surface area contributed by atoms with Crippen LogP contribution in [0.4, 0.5) is 4.39 Å². The minimum Gasteiger partial charge on any atom is -0.487 e. The van der Waals surface area contributed by atoms with Crippen molar-refractivity contribution in [3.8, 4) is 0 Å². The Kier molecular flexibility index (Phi) is 3.06. The Bertz CT molecular complexity index is 401. The minimum absolute atomic E-state index is 0.0623. The maximum Gasteiger partial charge on any atom is 0.208 e. The summed E-state index contributed by atoms with van der Waals surface area (Å²) in [6, 6.07) is 0.203. The van der Waals surface area contributed by atoms with E-state index in [1.165, 1.54) is 0 Å². The van der Waals surface area contributed by atoms with Gasteiger partial charge in [-0.3, -0.25) is 4.99 Å². The summed E-state index contributed by atoms with van der Waals surface area (Å²) < 4.78 is 20.2. The third-order valence-corrected chi connectivity index (χ3v) is 3.01. The first kappa shape index (κ1) is 11.6. The van der Waals surface area contributed by atoms with Gasteiger partial charge in [0.25, 0.3) is 0 Å². The summed E-state index contributed by atoms with van der Waals surface area (Å²) in [7, 11) is 0. The molecular formula is C11H14BrFN2O. The molecule has 0 aromatic rings. The second-order valence-electron chi connectivity index (χ2n) is 4.21. The van der Waals surface area contributed by atoms with Gasteiger partial charge in [-0.1, -0.05) is 0 Å². The highest BCUT2D eigenvalue weighted by molar-refractivity contribution is 9.11. The first-order valence-electron chi connectivity index (χ1n) is 5.28. The number of halogens is 2. The van der Waals surface area contributed by atoms with Gasteiger partial charge < -0.3 is 9.64 Å². The lowest BCUT2D eigenvalue weighted by Gasteiger charge is -2.27. The van der Waals surface area contributed by atoms with E-state index in [0.29, 0.717) is 16.9 Å². The Labute approximate surface area is 103 Å². The summed E-state index contributed by atoms with van der Waals surface area (Å²) in [5.74, 6) is 0.248. The van der Waals surface area contributed by atoms with E-state index in [9.17, 15) is 4.39 Å². The van der Waals surface area contributed by atoms with E-state index < -0.39 is 0 Å². The van der Waals surface area contributed by atoms with Crippen molar-refractivity contribution in [3.63, 3.8) is 0 Å². The van der Waals surface area contributed by atoms with Crippen LogP contribution >= 0.6 is 15.9 Å². The van der Waals surface area contributed by atoms with Crippen LogP contribution in [-0.4, -0.2) is 29.4 Å². The Hall–Kier alpha value is -0.840. The first-order valence-corrected chi connectivity index (χ1v) is 6.07. The van der Waals surface area contributed by atoms with E-state index in [1.807, 2.05) is 31.9 Å². The van der Waals surface area contributed by atoms with Gasteiger partial charge in [0, 0.05) is 6.20 Å². The van der Waals surface area contributed by atoms with Gasteiger partial charge in [-0.25, -0.2) is 0 Å². The molecule has 0 saturated carbocycles. The Morgan fingerprint density at radius 3 is 2.94 bits per heavy atom. The van der Waals surface area contributed by atoms with E-state index in [2.05, 4.69) is 20.9 Å². The predicted octanol–water partition coefficient (Wildman–Crippen LogP) is 2.95.